The van der Waals surface area contributed by atoms with E-state index in [9.17, 15) is 9.59 Å². The molecular weight excluding hydrogens is 322 g/mol. The lowest BCUT2D eigenvalue weighted by Gasteiger charge is -2.27. The van der Waals surface area contributed by atoms with Crippen LogP contribution in [0, 0.1) is 5.92 Å². The van der Waals surface area contributed by atoms with Crippen molar-refractivity contribution >= 4 is 6.03 Å². The number of amides is 2. The van der Waals surface area contributed by atoms with Crippen LogP contribution in [0.2, 0.25) is 0 Å². The first-order chi connectivity index (χ1) is 12.1. The van der Waals surface area contributed by atoms with Crippen molar-refractivity contribution in [3.05, 3.63) is 16.3 Å². The van der Waals surface area contributed by atoms with E-state index < -0.39 is 0 Å². The minimum atomic E-state index is -0.0632. The molecule has 1 saturated carbocycles. The van der Waals surface area contributed by atoms with Crippen molar-refractivity contribution in [3.63, 3.8) is 0 Å². The van der Waals surface area contributed by atoms with E-state index in [1.807, 2.05) is 7.05 Å². The third-order valence-corrected chi connectivity index (χ3v) is 5.18. The number of aryl methyl sites for hydroxylation is 1. The fourth-order valence-electron chi connectivity index (χ4n) is 3.37. The Bertz CT molecular complexity index is 649. The van der Waals surface area contributed by atoms with Gasteiger partial charge in [-0.15, -0.1) is 0 Å². The Kier molecular flexibility index (Phi) is 5.78. The van der Waals surface area contributed by atoms with Crippen molar-refractivity contribution in [1.29, 1.82) is 0 Å². The molecule has 1 unspecified atom stereocenters. The average Bonchev–Trinajstić information content (AvgIpc) is 3.40. The van der Waals surface area contributed by atoms with Crippen molar-refractivity contribution in [2.24, 2.45) is 5.92 Å². The van der Waals surface area contributed by atoms with Gasteiger partial charge in [0.05, 0.1) is 0 Å². The number of nitrogens with zero attached hydrogens (tertiary/aromatic N) is 4. The van der Waals surface area contributed by atoms with Gasteiger partial charge in [0.25, 0.3) is 0 Å². The number of carbonyl (C=O) groups excluding carboxylic acids is 1. The Balaban J connectivity index is 1.54. The SMILES string of the molecule is COCCCNC(=O)N(C)C1CCc2nn(CC3CC3)c(=O)n2CC1. The molecule has 2 aliphatic rings. The van der Waals surface area contributed by atoms with Crippen LogP contribution in [-0.2, 0) is 24.2 Å². The minimum absolute atomic E-state index is 0.00854. The average molecular weight is 351 g/mol. The van der Waals surface area contributed by atoms with Gasteiger partial charge < -0.3 is 15.0 Å². The van der Waals surface area contributed by atoms with E-state index in [1.54, 1.807) is 21.3 Å². The number of nitrogens with one attached hydrogen (secondary N) is 1. The Morgan fingerprint density at radius 2 is 2.16 bits per heavy atom. The largest absolute Gasteiger partial charge is 0.385 e. The van der Waals surface area contributed by atoms with E-state index in [2.05, 4.69) is 10.4 Å². The summed E-state index contributed by atoms with van der Waals surface area (Å²) in [6, 6.07) is 0.0622. The van der Waals surface area contributed by atoms with Crippen molar-refractivity contribution < 1.29 is 9.53 Å². The second-order valence-corrected chi connectivity index (χ2v) is 7.15. The van der Waals surface area contributed by atoms with E-state index in [-0.39, 0.29) is 17.8 Å². The summed E-state index contributed by atoms with van der Waals surface area (Å²) in [4.78, 5) is 26.5. The highest BCUT2D eigenvalue weighted by molar-refractivity contribution is 5.74. The first-order valence-corrected chi connectivity index (χ1v) is 9.26. The molecule has 1 aromatic rings. The summed E-state index contributed by atoms with van der Waals surface area (Å²) in [5, 5.41) is 7.45. The van der Waals surface area contributed by atoms with Gasteiger partial charge in [0, 0.05) is 52.9 Å². The molecule has 0 bridgehead atoms. The van der Waals surface area contributed by atoms with Crippen LogP contribution in [0.5, 0.6) is 0 Å². The molecule has 1 fully saturated rings. The summed E-state index contributed by atoms with van der Waals surface area (Å²) in [5.74, 6) is 1.50. The molecule has 0 aromatic carbocycles. The number of fused-ring (bicyclic) bond motifs is 1. The van der Waals surface area contributed by atoms with Crippen LogP contribution >= 0.6 is 0 Å². The van der Waals surface area contributed by atoms with E-state index in [4.69, 9.17) is 4.74 Å². The molecule has 2 heterocycles. The highest BCUT2D eigenvalue weighted by Crippen LogP contribution is 2.30. The number of methoxy groups -OCH3 is 1. The van der Waals surface area contributed by atoms with Crippen molar-refractivity contribution in [2.45, 2.75) is 57.7 Å². The number of carbonyl (C=O) groups is 1. The van der Waals surface area contributed by atoms with Gasteiger partial charge in [-0.2, -0.15) is 5.10 Å². The third-order valence-electron chi connectivity index (χ3n) is 5.18. The van der Waals surface area contributed by atoms with E-state index in [0.29, 0.717) is 25.6 Å². The second-order valence-electron chi connectivity index (χ2n) is 7.15. The molecule has 1 aliphatic carbocycles. The molecule has 1 N–H and O–H groups in total. The van der Waals surface area contributed by atoms with Gasteiger partial charge in [-0.3, -0.25) is 4.57 Å². The molecule has 1 aromatic heterocycles. The zero-order valence-electron chi connectivity index (χ0n) is 15.2. The van der Waals surface area contributed by atoms with Gasteiger partial charge in [-0.1, -0.05) is 0 Å². The molecule has 3 rings (SSSR count). The Hall–Kier alpha value is -1.83. The Labute approximate surface area is 148 Å². The van der Waals surface area contributed by atoms with Gasteiger partial charge in [0.2, 0.25) is 0 Å². The van der Waals surface area contributed by atoms with Crippen LogP contribution in [0.3, 0.4) is 0 Å². The molecule has 140 valence electrons. The normalized spacial score (nSPS) is 20.0. The van der Waals surface area contributed by atoms with Crippen molar-refractivity contribution in [3.8, 4) is 0 Å². The van der Waals surface area contributed by atoms with Crippen molar-refractivity contribution in [1.82, 2.24) is 24.6 Å². The number of hydrogen-bond donors (Lipinski definition) is 1. The molecule has 0 radical (unpaired) electrons. The Morgan fingerprint density at radius 3 is 2.88 bits per heavy atom. The zero-order valence-corrected chi connectivity index (χ0v) is 15.2. The summed E-state index contributed by atoms with van der Waals surface area (Å²) in [6.07, 6.45) is 5.57. The maximum atomic E-state index is 12.5. The van der Waals surface area contributed by atoms with Gasteiger partial charge in [0.1, 0.15) is 5.82 Å². The van der Waals surface area contributed by atoms with Crippen LogP contribution < -0.4 is 11.0 Å². The molecule has 8 heteroatoms. The van der Waals surface area contributed by atoms with Gasteiger partial charge in [0.15, 0.2) is 0 Å². The fraction of sp³-hybridized carbons (Fsp3) is 0.824. The first-order valence-electron chi connectivity index (χ1n) is 9.26. The highest BCUT2D eigenvalue weighted by atomic mass is 16.5. The van der Waals surface area contributed by atoms with Crippen LogP contribution in [0.15, 0.2) is 4.79 Å². The third kappa shape index (κ3) is 4.42. The standard InChI is InChI=1S/C17H29N5O3/c1-20(16(23)18-9-3-11-25-2)14-6-7-15-19-22(12-13-4-5-13)17(24)21(15)10-8-14/h13-14H,3-12H2,1-2H3,(H,18,23). The highest BCUT2D eigenvalue weighted by Gasteiger charge is 2.28. The molecule has 2 amide bonds. The number of ether oxygens (including phenoxy) is 1. The van der Waals surface area contributed by atoms with E-state index >= 15 is 0 Å². The van der Waals surface area contributed by atoms with Crippen molar-refractivity contribution in [2.75, 3.05) is 27.3 Å². The summed E-state index contributed by atoms with van der Waals surface area (Å²) < 4.78 is 8.42. The van der Waals surface area contributed by atoms with Gasteiger partial charge in [-0.25, -0.2) is 14.3 Å². The first kappa shape index (κ1) is 18.0. The zero-order chi connectivity index (χ0) is 17.8. The summed E-state index contributed by atoms with van der Waals surface area (Å²) in [7, 11) is 3.48. The number of hydrogen-bond acceptors (Lipinski definition) is 4. The lowest BCUT2D eigenvalue weighted by molar-refractivity contribution is 0.176. The molecule has 0 spiro atoms. The van der Waals surface area contributed by atoms with Crippen LogP contribution in [0.25, 0.3) is 0 Å². The summed E-state index contributed by atoms with van der Waals surface area (Å²) >= 11 is 0. The van der Waals surface area contributed by atoms with Gasteiger partial charge in [-0.05, 0) is 38.0 Å². The number of aromatic nitrogens is 3. The maximum absolute atomic E-state index is 12.5. The van der Waals surface area contributed by atoms with E-state index in [1.165, 1.54) is 12.8 Å². The maximum Gasteiger partial charge on any atom is 0.345 e. The quantitative estimate of drug-likeness (QED) is 0.738. The number of rotatable bonds is 7. The van der Waals surface area contributed by atoms with Gasteiger partial charge >= 0.3 is 11.7 Å². The summed E-state index contributed by atoms with van der Waals surface area (Å²) in [5.41, 5.74) is 0.00854. The smallest absolute Gasteiger partial charge is 0.345 e. The van der Waals surface area contributed by atoms with Crippen LogP contribution in [-0.4, -0.2) is 58.6 Å². The Morgan fingerprint density at radius 1 is 1.36 bits per heavy atom. The lowest BCUT2D eigenvalue weighted by atomic mass is 10.1. The summed E-state index contributed by atoms with van der Waals surface area (Å²) in [6.45, 7) is 2.63. The van der Waals surface area contributed by atoms with E-state index in [0.717, 1.165) is 38.1 Å². The van der Waals surface area contributed by atoms with Crippen LogP contribution in [0.4, 0.5) is 4.79 Å². The molecule has 1 aliphatic heterocycles. The predicted molar refractivity (Wildman–Crippen MR) is 93.6 cm³/mol. The molecule has 1 atom stereocenters. The minimum Gasteiger partial charge on any atom is -0.385 e. The molecule has 0 saturated heterocycles. The molecule has 25 heavy (non-hydrogen) atoms. The number of urea groups is 1. The second kappa shape index (κ2) is 8.03. The van der Waals surface area contributed by atoms with Crippen LogP contribution in [0.1, 0.15) is 37.9 Å². The molecule has 8 nitrogen and oxygen atoms in total. The molecular formula is C17H29N5O3. The topological polar surface area (TPSA) is 81.4 Å². The lowest BCUT2D eigenvalue weighted by Crippen LogP contribution is -2.44. The predicted octanol–water partition coefficient (Wildman–Crippen LogP) is 0.838. The fourth-order valence-corrected chi connectivity index (χ4v) is 3.37. The monoisotopic (exact) mass is 351 g/mol.